The summed E-state index contributed by atoms with van der Waals surface area (Å²) in [6.45, 7) is 4.14. The number of pyridine rings is 1. The van der Waals surface area contributed by atoms with Gasteiger partial charge in [0.15, 0.2) is 0 Å². The third kappa shape index (κ3) is 3.92. The van der Waals surface area contributed by atoms with Gasteiger partial charge in [-0.15, -0.1) is 0 Å². The van der Waals surface area contributed by atoms with Crippen LogP contribution in [0.4, 0.5) is 4.39 Å². The third-order valence-electron chi connectivity index (χ3n) is 2.44. The van der Waals surface area contributed by atoms with Gasteiger partial charge >= 0.3 is 0 Å². The zero-order valence-electron chi connectivity index (χ0n) is 10.5. The first-order valence-electron chi connectivity index (χ1n) is 5.48. The van der Waals surface area contributed by atoms with Crippen LogP contribution in [0, 0.1) is 6.92 Å². The Bertz CT molecular complexity index is 446. The van der Waals surface area contributed by atoms with Gasteiger partial charge in [0.2, 0.25) is 0 Å². The Morgan fingerprint density at radius 2 is 2.28 bits per heavy atom. The molecule has 1 rings (SSSR count). The molecule has 2 N–H and O–H groups in total. The van der Waals surface area contributed by atoms with Crippen LogP contribution in [-0.2, 0) is 0 Å². The molecule has 0 aliphatic rings. The van der Waals surface area contributed by atoms with Crippen molar-refractivity contribution in [3.8, 4) is 0 Å². The van der Waals surface area contributed by atoms with Crippen molar-refractivity contribution in [2.24, 2.45) is 0 Å². The number of aryl methyl sites for hydroxylation is 1. The van der Waals surface area contributed by atoms with Gasteiger partial charge in [-0.25, -0.2) is 4.39 Å². The molecule has 0 spiro atoms. The highest BCUT2D eigenvalue weighted by molar-refractivity contribution is 6.33. The molecule has 18 heavy (non-hydrogen) atoms. The SMILES string of the molecule is Cc1cc(Cl)c(C(=O)NCC(F)C(C)(C)O)cn1. The van der Waals surface area contributed by atoms with E-state index < -0.39 is 17.7 Å². The van der Waals surface area contributed by atoms with Gasteiger partial charge in [-0.3, -0.25) is 9.78 Å². The van der Waals surface area contributed by atoms with Gasteiger partial charge in [-0.2, -0.15) is 0 Å². The van der Waals surface area contributed by atoms with Crippen molar-refractivity contribution in [1.29, 1.82) is 0 Å². The van der Waals surface area contributed by atoms with E-state index in [1.165, 1.54) is 20.0 Å². The highest BCUT2D eigenvalue weighted by atomic mass is 35.5. The van der Waals surface area contributed by atoms with Gasteiger partial charge in [0.1, 0.15) is 6.17 Å². The standard InChI is InChI=1S/C12H16ClFN2O2/c1-7-4-9(13)8(5-15-7)11(17)16-6-10(14)12(2,3)18/h4-5,10,18H,6H2,1-3H3,(H,16,17). The second-order valence-corrected chi connectivity index (χ2v) is 5.04. The maximum atomic E-state index is 13.4. The average molecular weight is 275 g/mol. The molecule has 0 fully saturated rings. The van der Waals surface area contributed by atoms with Crippen LogP contribution in [-0.4, -0.2) is 34.3 Å². The maximum Gasteiger partial charge on any atom is 0.254 e. The molecule has 0 aromatic carbocycles. The summed E-state index contributed by atoms with van der Waals surface area (Å²) < 4.78 is 13.4. The van der Waals surface area contributed by atoms with E-state index in [0.29, 0.717) is 5.69 Å². The summed E-state index contributed by atoms with van der Waals surface area (Å²) in [7, 11) is 0. The number of hydrogen-bond acceptors (Lipinski definition) is 3. The Hall–Kier alpha value is -1.20. The van der Waals surface area contributed by atoms with Gasteiger partial charge in [-0.1, -0.05) is 11.6 Å². The Labute approximate surface area is 110 Å². The van der Waals surface area contributed by atoms with Crippen LogP contribution in [0.25, 0.3) is 0 Å². The monoisotopic (exact) mass is 274 g/mol. The predicted molar refractivity (Wildman–Crippen MR) is 67.5 cm³/mol. The summed E-state index contributed by atoms with van der Waals surface area (Å²) in [5.41, 5.74) is -0.621. The Kier molecular flexibility index (Phi) is 4.65. The number of carbonyl (C=O) groups excluding carboxylic acids is 1. The molecule has 1 heterocycles. The van der Waals surface area contributed by atoms with Gasteiger partial charge in [0.05, 0.1) is 22.7 Å². The summed E-state index contributed by atoms with van der Waals surface area (Å²) in [4.78, 5) is 15.7. The lowest BCUT2D eigenvalue weighted by molar-refractivity contribution is -0.00177. The summed E-state index contributed by atoms with van der Waals surface area (Å²) in [6, 6.07) is 1.55. The van der Waals surface area contributed by atoms with Crippen LogP contribution in [0.2, 0.25) is 5.02 Å². The van der Waals surface area contributed by atoms with Crippen LogP contribution in [0.1, 0.15) is 29.9 Å². The fourth-order valence-electron chi connectivity index (χ4n) is 1.22. The van der Waals surface area contributed by atoms with E-state index in [2.05, 4.69) is 10.3 Å². The number of rotatable bonds is 4. The first kappa shape index (κ1) is 14.9. The molecule has 100 valence electrons. The van der Waals surface area contributed by atoms with Crippen LogP contribution in [0.5, 0.6) is 0 Å². The predicted octanol–water partition coefficient (Wildman–Crippen LogP) is 1.88. The van der Waals surface area contributed by atoms with Crippen molar-refractivity contribution in [3.63, 3.8) is 0 Å². The molecular formula is C12H16ClFN2O2. The van der Waals surface area contributed by atoms with Crippen molar-refractivity contribution in [2.45, 2.75) is 32.5 Å². The Balaban J connectivity index is 2.66. The van der Waals surface area contributed by atoms with E-state index in [0.717, 1.165) is 0 Å². The minimum Gasteiger partial charge on any atom is -0.387 e. The maximum absolute atomic E-state index is 13.4. The van der Waals surface area contributed by atoms with Crippen LogP contribution >= 0.6 is 11.6 Å². The molecule has 0 aliphatic carbocycles. The molecule has 0 saturated carbocycles. The topological polar surface area (TPSA) is 62.2 Å². The Morgan fingerprint density at radius 1 is 1.67 bits per heavy atom. The summed E-state index contributed by atoms with van der Waals surface area (Å²) in [5, 5.41) is 12.0. The number of amides is 1. The fraction of sp³-hybridized carbons (Fsp3) is 0.500. The molecular weight excluding hydrogens is 259 g/mol. The largest absolute Gasteiger partial charge is 0.387 e. The van der Waals surface area contributed by atoms with E-state index in [9.17, 15) is 14.3 Å². The molecule has 6 heteroatoms. The second kappa shape index (κ2) is 5.63. The third-order valence-corrected chi connectivity index (χ3v) is 2.76. The van der Waals surface area contributed by atoms with Crippen molar-refractivity contribution in [2.75, 3.05) is 6.54 Å². The summed E-state index contributed by atoms with van der Waals surface area (Å²) >= 11 is 5.89. The highest BCUT2D eigenvalue weighted by Gasteiger charge is 2.27. The van der Waals surface area contributed by atoms with Crippen molar-refractivity contribution in [3.05, 3.63) is 28.5 Å². The minimum absolute atomic E-state index is 0.185. The molecule has 1 aromatic heterocycles. The van der Waals surface area contributed by atoms with Crippen molar-refractivity contribution in [1.82, 2.24) is 10.3 Å². The zero-order valence-corrected chi connectivity index (χ0v) is 11.3. The quantitative estimate of drug-likeness (QED) is 0.881. The van der Waals surface area contributed by atoms with E-state index in [4.69, 9.17) is 11.6 Å². The fourth-order valence-corrected chi connectivity index (χ4v) is 1.51. The van der Waals surface area contributed by atoms with Crippen LogP contribution < -0.4 is 5.32 Å². The molecule has 0 saturated heterocycles. The number of alkyl halides is 1. The molecule has 0 bridgehead atoms. The molecule has 0 aliphatic heterocycles. The molecule has 1 aromatic rings. The summed E-state index contributed by atoms with van der Waals surface area (Å²) in [6.07, 6.45) is -0.219. The van der Waals surface area contributed by atoms with E-state index >= 15 is 0 Å². The van der Waals surface area contributed by atoms with Crippen LogP contribution in [0.3, 0.4) is 0 Å². The van der Waals surface area contributed by atoms with Gasteiger partial charge in [-0.05, 0) is 26.8 Å². The normalized spacial score (nSPS) is 13.2. The second-order valence-electron chi connectivity index (χ2n) is 4.64. The van der Waals surface area contributed by atoms with Gasteiger partial charge < -0.3 is 10.4 Å². The molecule has 1 amide bonds. The van der Waals surface area contributed by atoms with Crippen molar-refractivity contribution >= 4 is 17.5 Å². The van der Waals surface area contributed by atoms with E-state index in [1.807, 2.05) is 0 Å². The lowest BCUT2D eigenvalue weighted by Crippen LogP contribution is -2.42. The molecule has 0 radical (unpaired) electrons. The molecule has 1 unspecified atom stereocenters. The van der Waals surface area contributed by atoms with E-state index in [1.54, 1.807) is 13.0 Å². The lowest BCUT2D eigenvalue weighted by Gasteiger charge is -2.22. The number of aromatic nitrogens is 1. The minimum atomic E-state index is -1.56. The highest BCUT2D eigenvalue weighted by Crippen LogP contribution is 2.16. The summed E-state index contributed by atoms with van der Waals surface area (Å²) in [5.74, 6) is -0.514. The first-order chi connectivity index (χ1) is 8.21. The van der Waals surface area contributed by atoms with Crippen LogP contribution in [0.15, 0.2) is 12.3 Å². The van der Waals surface area contributed by atoms with E-state index in [-0.39, 0.29) is 17.1 Å². The number of halogens is 2. The first-order valence-corrected chi connectivity index (χ1v) is 5.86. The van der Waals surface area contributed by atoms with Gasteiger partial charge in [0.25, 0.3) is 5.91 Å². The number of hydrogen-bond donors (Lipinski definition) is 2. The Morgan fingerprint density at radius 3 is 2.78 bits per heavy atom. The smallest absolute Gasteiger partial charge is 0.254 e. The molecule has 1 atom stereocenters. The van der Waals surface area contributed by atoms with Crippen molar-refractivity contribution < 1.29 is 14.3 Å². The molecule has 4 nitrogen and oxygen atoms in total. The van der Waals surface area contributed by atoms with Gasteiger partial charge in [0, 0.05) is 11.9 Å². The number of aliphatic hydroxyl groups is 1. The number of nitrogens with zero attached hydrogens (tertiary/aromatic N) is 1. The zero-order chi connectivity index (χ0) is 13.9. The average Bonchev–Trinajstić information content (AvgIpc) is 2.24. The number of carbonyl (C=O) groups is 1. The number of nitrogens with one attached hydrogen (secondary N) is 1. The lowest BCUT2D eigenvalue weighted by atomic mass is 10.0.